The van der Waals surface area contributed by atoms with E-state index in [2.05, 4.69) is 48.0 Å². The van der Waals surface area contributed by atoms with Crippen LogP contribution in [-0.4, -0.2) is 39.4 Å². The van der Waals surface area contributed by atoms with Gasteiger partial charge in [0.25, 0.3) is 0 Å². The summed E-state index contributed by atoms with van der Waals surface area (Å²) >= 11 is 1.92. The maximum absolute atomic E-state index is 5.87. The molecule has 120 valence electrons. The van der Waals surface area contributed by atoms with Crippen LogP contribution in [0.2, 0.25) is 0 Å². The molecule has 0 aromatic carbocycles. The third-order valence-electron chi connectivity index (χ3n) is 3.97. The molecule has 3 heterocycles. The van der Waals surface area contributed by atoms with E-state index in [0.717, 1.165) is 32.1 Å². The van der Waals surface area contributed by atoms with E-state index in [1.165, 1.54) is 9.75 Å². The monoisotopic (exact) mass is 320 g/mol. The molecule has 0 saturated carbocycles. The third-order valence-corrected chi connectivity index (χ3v) is 5.46. The zero-order chi connectivity index (χ0) is 15.7. The van der Waals surface area contributed by atoms with Crippen molar-refractivity contribution in [1.82, 2.24) is 19.7 Å². The molecular formula is C16H24N4OS. The minimum Gasteiger partial charge on any atom is -0.368 e. The second-order valence-electron chi connectivity index (χ2n) is 6.91. The van der Waals surface area contributed by atoms with E-state index in [1.807, 2.05) is 23.0 Å². The molecule has 1 atom stereocenters. The fraction of sp³-hybridized carbons (Fsp3) is 0.625. The number of aromatic nitrogens is 3. The van der Waals surface area contributed by atoms with Gasteiger partial charge in [-0.2, -0.15) is 0 Å². The van der Waals surface area contributed by atoms with Gasteiger partial charge in [0, 0.05) is 36.4 Å². The molecule has 2 aromatic rings. The summed E-state index contributed by atoms with van der Waals surface area (Å²) < 4.78 is 7.81. The van der Waals surface area contributed by atoms with Crippen molar-refractivity contribution >= 4 is 11.3 Å². The molecule has 1 aliphatic rings. The van der Waals surface area contributed by atoms with Crippen LogP contribution in [0.4, 0.5) is 0 Å². The van der Waals surface area contributed by atoms with E-state index in [-0.39, 0.29) is 11.5 Å². The van der Waals surface area contributed by atoms with E-state index in [4.69, 9.17) is 4.74 Å². The van der Waals surface area contributed by atoms with Gasteiger partial charge >= 0.3 is 0 Å². The number of hydrogen-bond acceptors (Lipinski definition) is 5. The van der Waals surface area contributed by atoms with Crippen molar-refractivity contribution in [2.75, 3.05) is 19.7 Å². The summed E-state index contributed by atoms with van der Waals surface area (Å²) in [5.74, 6) is 0.909. The minimum atomic E-state index is 0.0169. The highest BCUT2D eigenvalue weighted by Crippen LogP contribution is 2.30. The lowest BCUT2D eigenvalue weighted by Crippen LogP contribution is -2.38. The molecule has 3 rings (SSSR count). The first-order chi connectivity index (χ1) is 10.4. The van der Waals surface area contributed by atoms with E-state index in [9.17, 15) is 0 Å². The molecule has 2 aromatic heterocycles. The van der Waals surface area contributed by atoms with Crippen LogP contribution in [0.1, 0.15) is 42.5 Å². The quantitative estimate of drug-likeness (QED) is 0.872. The van der Waals surface area contributed by atoms with Gasteiger partial charge < -0.3 is 9.30 Å². The number of hydrogen-bond donors (Lipinski definition) is 0. The second-order valence-corrected chi connectivity index (χ2v) is 8.08. The maximum atomic E-state index is 5.87. The fourth-order valence-electron chi connectivity index (χ4n) is 2.67. The summed E-state index contributed by atoms with van der Waals surface area (Å²) in [7, 11) is 1.96. The molecule has 0 radical (unpaired) electrons. The minimum absolute atomic E-state index is 0.0169. The van der Waals surface area contributed by atoms with E-state index < -0.39 is 0 Å². The normalized spacial score (nSPS) is 20.5. The first-order valence-corrected chi connectivity index (χ1v) is 8.52. The molecule has 0 amide bonds. The van der Waals surface area contributed by atoms with Crippen molar-refractivity contribution in [2.24, 2.45) is 7.05 Å². The molecule has 0 aliphatic carbocycles. The van der Waals surface area contributed by atoms with Gasteiger partial charge in [-0.1, -0.05) is 20.8 Å². The second kappa shape index (κ2) is 6.10. The summed E-state index contributed by atoms with van der Waals surface area (Å²) in [4.78, 5) is 5.31. The summed E-state index contributed by atoms with van der Waals surface area (Å²) in [6, 6.07) is 4.53. The van der Waals surface area contributed by atoms with Crippen LogP contribution in [0.3, 0.4) is 0 Å². The molecule has 1 unspecified atom stereocenters. The molecule has 0 N–H and O–H groups in total. The molecule has 0 spiro atoms. The lowest BCUT2D eigenvalue weighted by Gasteiger charge is -2.31. The molecule has 1 aliphatic heterocycles. The molecule has 1 fully saturated rings. The van der Waals surface area contributed by atoms with Crippen molar-refractivity contribution in [3.63, 3.8) is 0 Å². The van der Waals surface area contributed by atoms with Gasteiger partial charge in [0.1, 0.15) is 12.4 Å². The molecule has 22 heavy (non-hydrogen) atoms. The first-order valence-electron chi connectivity index (χ1n) is 7.70. The number of nitrogens with zero attached hydrogens (tertiary/aromatic N) is 4. The highest BCUT2D eigenvalue weighted by atomic mass is 32.1. The zero-order valence-corrected chi connectivity index (χ0v) is 14.6. The van der Waals surface area contributed by atoms with Crippen molar-refractivity contribution in [2.45, 2.75) is 38.8 Å². The number of aryl methyl sites for hydroxylation is 1. The Morgan fingerprint density at radius 1 is 1.36 bits per heavy atom. The SMILES string of the molecule is Cn1cnnc1C1CN(Cc2ccc(C(C)(C)C)s2)CCO1. The lowest BCUT2D eigenvalue weighted by molar-refractivity contribution is -0.0382. The topological polar surface area (TPSA) is 43.2 Å². The molecule has 6 heteroatoms. The summed E-state index contributed by atoms with van der Waals surface area (Å²) in [6.07, 6.45) is 1.75. The van der Waals surface area contributed by atoms with Crippen molar-refractivity contribution in [3.05, 3.63) is 34.0 Å². The number of morpholine rings is 1. The number of ether oxygens (including phenoxy) is 1. The average molecular weight is 320 g/mol. The smallest absolute Gasteiger partial charge is 0.163 e. The Hall–Kier alpha value is -1.24. The Morgan fingerprint density at radius 3 is 2.82 bits per heavy atom. The first kappa shape index (κ1) is 15.6. The largest absolute Gasteiger partial charge is 0.368 e. The predicted octanol–water partition coefficient (Wildman–Crippen LogP) is 2.75. The Kier molecular flexibility index (Phi) is 4.34. The Labute approximate surface area is 135 Å². The van der Waals surface area contributed by atoms with Crippen LogP contribution in [0, 0.1) is 0 Å². The third kappa shape index (κ3) is 3.39. The van der Waals surface area contributed by atoms with Crippen molar-refractivity contribution in [1.29, 1.82) is 0 Å². The van der Waals surface area contributed by atoms with Gasteiger partial charge in [0.15, 0.2) is 5.82 Å². The van der Waals surface area contributed by atoms with Crippen molar-refractivity contribution in [3.8, 4) is 0 Å². The van der Waals surface area contributed by atoms with Crippen LogP contribution >= 0.6 is 11.3 Å². The Balaban J connectivity index is 1.66. The van der Waals surface area contributed by atoms with Crippen LogP contribution in [0.15, 0.2) is 18.5 Å². The molecule has 0 bridgehead atoms. The van der Waals surface area contributed by atoms with Gasteiger partial charge in [0.2, 0.25) is 0 Å². The number of thiophene rings is 1. The molecule has 1 saturated heterocycles. The highest BCUT2D eigenvalue weighted by molar-refractivity contribution is 7.12. The van der Waals surface area contributed by atoms with Gasteiger partial charge in [-0.05, 0) is 17.5 Å². The van der Waals surface area contributed by atoms with E-state index in [0.29, 0.717) is 0 Å². The van der Waals surface area contributed by atoms with Crippen LogP contribution in [0.5, 0.6) is 0 Å². The van der Waals surface area contributed by atoms with Crippen LogP contribution < -0.4 is 0 Å². The molecular weight excluding hydrogens is 296 g/mol. The van der Waals surface area contributed by atoms with Gasteiger partial charge in [-0.3, -0.25) is 4.90 Å². The summed E-state index contributed by atoms with van der Waals surface area (Å²) in [5, 5.41) is 8.13. The maximum Gasteiger partial charge on any atom is 0.163 e. The van der Waals surface area contributed by atoms with E-state index >= 15 is 0 Å². The lowest BCUT2D eigenvalue weighted by atomic mass is 9.95. The standard InChI is InChI=1S/C16H24N4OS/c1-16(2,3)14-6-5-12(22-14)9-20-7-8-21-13(10-20)15-18-17-11-19(15)4/h5-6,11,13H,7-10H2,1-4H3. The predicted molar refractivity (Wildman–Crippen MR) is 88.0 cm³/mol. The average Bonchev–Trinajstić information content (AvgIpc) is 3.07. The zero-order valence-electron chi connectivity index (χ0n) is 13.7. The van der Waals surface area contributed by atoms with E-state index in [1.54, 1.807) is 6.33 Å². The van der Waals surface area contributed by atoms with Crippen LogP contribution in [0.25, 0.3) is 0 Å². The van der Waals surface area contributed by atoms with Gasteiger partial charge in [-0.15, -0.1) is 21.5 Å². The van der Waals surface area contributed by atoms with Crippen molar-refractivity contribution < 1.29 is 4.74 Å². The Bertz CT molecular complexity index is 628. The van der Waals surface area contributed by atoms with Gasteiger partial charge in [-0.25, -0.2) is 0 Å². The molecule has 5 nitrogen and oxygen atoms in total. The Morgan fingerprint density at radius 2 is 2.18 bits per heavy atom. The summed E-state index contributed by atoms with van der Waals surface area (Å²) in [5.41, 5.74) is 0.231. The van der Waals surface area contributed by atoms with Crippen LogP contribution in [-0.2, 0) is 23.7 Å². The number of rotatable bonds is 3. The fourth-order valence-corrected chi connectivity index (χ4v) is 3.78. The highest BCUT2D eigenvalue weighted by Gasteiger charge is 2.26. The summed E-state index contributed by atoms with van der Waals surface area (Å²) in [6.45, 7) is 10.4. The van der Waals surface area contributed by atoms with Gasteiger partial charge in [0.05, 0.1) is 6.61 Å².